The Kier molecular flexibility index (Phi) is 1.57. The van der Waals surface area contributed by atoms with E-state index in [1.807, 2.05) is 0 Å². The van der Waals surface area contributed by atoms with Crippen molar-refractivity contribution < 1.29 is 13.2 Å². The standard InChI is InChI=1S/C11H12O3S/c1-14-9-4-2-3-5-10(9)15(12,13)11-6-8(11)7-11/h2-5,8H,6-7H2,1H3. The van der Waals surface area contributed by atoms with Gasteiger partial charge in [-0.1, -0.05) is 12.1 Å². The Bertz CT molecular complexity index is 512. The molecular weight excluding hydrogens is 212 g/mol. The van der Waals surface area contributed by atoms with Crippen molar-refractivity contribution in [2.75, 3.05) is 7.11 Å². The number of ether oxygens (including phenoxy) is 1. The highest BCUT2D eigenvalue weighted by atomic mass is 32.2. The zero-order chi connectivity index (χ0) is 10.7. The first-order valence-corrected chi connectivity index (χ1v) is 6.48. The average Bonchev–Trinajstić information content (AvgIpc) is 3.05. The second-order valence-electron chi connectivity index (χ2n) is 4.32. The number of para-hydroxylation sites is 1. The van der Waals surface area contributed by atoms with Gasteiger partial charge in [0.1, 0.15) is 10.6 Å². The van der Waals surface area contributed by atoms with Crippen LogP contribution in [0.15, 0.2) is 29.2 Å². The Morgan fingerprint density at radius 2 is 1.93 bits per heavy atom. The quantitative estimate of drug-likeness (QED) is 0.783. The lowest BCUT2D eigenvalue weighted by atomic mass is 10.3. The maximum absolute atomic E-state index is 12.3. The van der Waals surface area contributed by atoms with Crippen LogP contribution in [0.2, 0.25) is 0 Å². The lowest BCUT2D eigenvalue weighted by Crippen LogP contribution is -2.15. The van der Waals surface area contributed by atoms with Crippen molar-refractivity contribution in [3.63, 3.8) is 0 Å². The summed E-state index contributed by atoms with van der Waals surface area (Å²) in [4.78, 5) is 0.354. The van der Waals surface area contributed by atoms with Crippen LogP contribution in [-0.2, 0) is 9.84 Å². The molecule has 0 spiro atoms. The van der Waals surface area contributed by atoms with Crippen molar-refractivity contribution in [1.29, 1.82) is 0 Å². The van der Waals surface area contributed by atoms with Crippen molar-refractivity contribution in [2.45, 2.75) is 22.5 Å². The zero-order valence-corrected chi connectivity index (χ0v) is 9.25. The first kappa shape index (κ1) is 9.21. The van der Waals surface area contributed by atoms with Gasteiger partial charge < -0.3 is 4.74 Å². The Morgan fingerprint density at radius 1 is 1.33 bits per heavy atom. The van der Waals surface area contributed by atoms with E-state index in [1.54, 1.807) is 24.3 Å². The van der Waals surface area contributed by atoms with Gasteiger partial charge >= 0.3 is 0 Å². The fourth-order valence-electron chi connectivity index (χ4n) is 2.16. The van der Waals surface area contributed by atoms with E-state index < -0.39 is 14.6 Å². The van der Waals surface area contributed by atoms with Crippen molar-refractivity contribution in [3.8, 4) is 5.75 Å². The molecule has 2 aliphatic carbocycles. The van der Waals surface area contributed by atoms with Crippen LogP contribution in [0.1, 0.15) is 12.8 Å². The van der Waals surface area contributed by atoms with Gasteiger partial charge in [0.15, 0.2) is 9.84 Å². The van der Waals surface area contributed by atoms with Gasteiger partial charge in [-0.3, -0.25) is 0 Å². The lowest BCUT2D eigenvalue weighted by Gasteiger charge is -2.10. The molecule has 0 aromatic heterocycles. The average molecular weight is 224 g/mol. The highest BCUT2D eigenvalue weighted by Gasteiger charge is 2.78. The summed E-state index contributed by atoms with van der Waals surface area (Å²) in [6.45, 7) is 0. The van der Waals surface area contributed by atoms with Gasteiger partial charge in [-0.2, -0.15) is 0 Å². The third kappa shape index (κ3) is 1.03. The van der Waals surface area contributed by atoms with Crippen LogP contribution in [0.4, 0.5) is 0 Å². The van der Waals surface area contributed by atoms with Crippen molar-refractivity contribution >= 4 is 9.84 Å². The molecule has 80 valence electrons. The van der Waals surface area contributed by atoms with Crippen LogP contribution in [0, 0.1) is 5.92 Å². The summed E-state index contributed by atoms with van der Waals surface area (Å²) >= 11 is 0. The van der Waals surface area contributed by atoms with Crippen LogP contribution >= 0.6 is 0 Å². The van der Waals surface area contributed by atoms with Crippen LogP contribution in [-0.4, -0.2) is 20.3 Å². The summed E-state index contributed by atoms with van der Waals surface area (Å²) < 4.78 is 29.2. The fraction of sp³-hybridized carbons (Fsp3) is 0.455. The molecule has 1 aromatic carbocycles. The van der Waals surface area contributed by atoms with Gasteiger partial charge in [-0.15, -0.1) is 0 Å². The highest BCUT2D eigenvalue weighted by molar-refractivity contribution is 7.93. The second kappa shape index (κ2) is 2.55. The molecule has 0 radical (unpaired) electrons. The molecular formula is C11H12O3S. The zero-order valence-electron chi connectivity index (χ0n) is 8.43. The van der Waals surface area contributed by atoms with E-state index in [9.17, 15) is 8.42 Å². The molecule has 0 bridgehead atoms. The van der Waals surface area contributed by atoms with Gasteiger partial charge in [0, 0.05) is 0 Å². The number of sulfone groups is 1. The molecule has 3 rings (SSSR count). The van der Waals surface area contributed by atoms with Gasteiger partial charge in [0.25, 0.3) is 0 Å². The predicted octanol–water partition coefficient (Wildman–Crippen LogP) is 1.63. The minimum Gasteiger partial charge on any atom is -0.495 e. The molecule has 2 fully saturated rings. The molecule has 2 aliphatic rings. The Hall–Kier alpha value is -1.03. The molecule has 0 heterocycles. The topological polar surface area (TPSA) is 43.4 Å². The van der Waals surface area contributed by atoms with Crippen molar-refractivity contribution in [2.24, 2.45) is 5.92 Å². The van der Waals surface area contributed by atoms with E-state index in [0.29, 0.717) is 16.6 Å². The summed E-state index contributed by atoms with van der Waals surface area (Å²) in [6, 6.07) is 6.86. The third-order valence-electron chi connectivity index (χ3n) is 3.50. The normalized spacial score (nSPS) is 31.9. The Morgan fingerprint density at radius 3 is 2.47 bits per heavy atom. The monoisotopic (exact) mass is 224 g/mol. The number of methoxy groups -OCH3 is 1. The smallest absolute Gasteiger partial charge is 0.188 e. The number of hydrogen-bond donors (Lipinski definition) is 0. The van der Waals surface area contributed by atoms with E-state index in [0.717, 1.165) is 12.8 Å². The fourth-order valence-corrected chi connectivity index (χ4v) is 4.55. The van der Waals surface area contributed by atoms with Gasteiger partial charge in [0.05, 0.1) is 11.9 Å². The van der Waals surface area contributed by atoms with Crippen LogP contribution in [0.5, 0.6) is 5.75 Å². The number of hydrogen-bond acceptors (Lipinski definition) is 3. The number of rotatable bonds is 3. The summed E-state index contributed by atoms with van der Waals surface area (Å²) in [6.07, 6.45) is 1.68. The van der Waals surface area contributed by atoms with Gasteiger partial charge in [0.2, 0.25) is 0 Å². The minimum absolute atomic E-state index is 0.354. The molecule has 0 N–H and O–H groups in total. The first-order chi connectivity index (χ1) is 7.12. The summed E-state index contributed by atoms with van der Waals surface area (Å²) in [5.74, 6) is 0.886. The molecule has 0 amide bonds. The summed E-state index contributed by atoms with van der Waals surface area (Å²) in [5.41, 5.74) is 0. The van der Waals surface area contributed by atoms with Gasteiger partial charge in [-0.05, 0) is 30.9 Å². The van der Waals surface area contributed by atoms with E-state index >= 15 is 0 Å². The minimum atomic E-state index is -3.16. The van der Waals surface area contributed by atoms with Gasteiger partial charge in [-0.25, -0.2) is 8.42 Å². The maximum atomic E-state index is 12.3. The van der Waals surface area contributed by atoms with Crippen LogP contribution < -0.4 is 4.74 Å². The molecule has 4 heteroatoms. The van der Waals surface area contributed by atoms with Crippen LogP contribution in [0.25, 0.3) is 0 Å². The van der Waals surface area contributed by atoms with Crippen molar-refractivity contribution in [3.05, 3.63) is 24.3 Å². The molecule has 0 aliphatic heterocycles. The molecule has 2 saturated carbocycles. The largest absolute Gasteiger partial charge is 0.495 e. The second-order valence-corrected chi connectivity index (χ2v) is 6.58. The Labute approximate surface area is 89.0 Å². The lowest BCUT2D eigenvalue weighted by molar-refractivity contribution is 0.402. The molecule has 3 nitrogen and oxygen atoms in total. The van der Waals surface area contributed by atoms with E-state index in [-0.39, 0.29) is 0 Å². The molecule has 1 aromatic rings. The van der Waals surface area contributed by atoms with E-state index in [4.69, 9.17) is 4.74 Å². The van der Waals surface area contributed by atoms with E-state index in [1.165, 1.54) is 7.11 Å². The Balaban J connectivity index is 2.12. The SMILES string of the molecule is COc1ccccc1S(=O)(=O)C12CC1C2. The first-order valence-electron chi connectivity index (χ1n) is 4.99. The van der Waals surface area contributed by atoms with E-state index in [2.05, 4.69) is 0 Å². The van der Waals surface area contributed by atoms with Crippen LogP contribution in [0.3, 0.4) is 0 Å². The number of fused-ring (bicyclic) bond motifs is 1. The summed E-state index contributed by atoms with van der Waals surface area (Å²) in [7, 11) is -1.66. The maximum Gasteiger partial charge on any atom is 0.188 e. The molecule has 15 heavy (non-hydrogen) atoms. The number of benzene rings is 1. The molecule has 0 atom stereocenters. The molecule has 0 saturated heterocycles. The van der Waals surface area contributed by atoms with Crippen molar-refractivity contribution in [1.82, 2.24) is 0 Å². The molecule has 0 unspecified atom stereocenters. The summed E-state index contributed by atoms with van der Waals surface area (Å²) in [5, 5.41) is 0. The third-order valence-corrected chi connectivity index (χ3v) is 6.15. The highest BCUT2D eigenvalue weighted by Crippen LogP contribution is 2.73. The predicted molar refractivity (Wildman–Crippen MR) is 55.6 cm³/mol.